The molecule has 0 nitrogen and oxygen atoms in total. The molecule has 0 heterocycles. The largest absolute Gasteiger partial charge is 0.120 e. The van der Waals surface area contributed by atoms with E-state index in [1.165, 1.54) is 0 Å². The van der Waals surface area contributed by atoms with E-state index in [-0.39, 0.29) is 0 Å². The Morgan fingerprint density at radius 1 is 1.45 bits per heavy atom. The van der Waals surface area contributed by atoms with Gasteiger partial charge in [-0.05, 0) is 24.7 Å². The molecule has 0 atom stereocenters. The summed E-state index contributed by atoms with van der Waals surface area (Å²) in [4.78, 5) is 0. The Morgan fingerprint density at radius 2 is 2.00 bits per heavy atom. The standard InChI is InChI=1S/C11H18/c1-5-9-11(7-3,8-4)10-6-2/h1,6H,2,7-10H2,3-4H3. The van der Waals surface area contributed by atoms with Crippen LogP contribution in [-0.2, 0) is 0 Å². The van der Waals surface area contributed by atoms with Gasteiger partial charge in [-0.25, -0.2) is 0 Å². The Morgan fingerprint density at radius 3 is 2.27 bits per heavy atom. The first-order valence-corrected chi connectivity index (χ1v) is 4.29. The topological polar surface area (TPSA) is 0 Å². The molecule has 0 aliphatic carbocycles. The number of hydrogen-bond acceptors (Lipinski definition) is 0. The van der Waals surface area contributed by atoms with Gasteiger partial charge in [-0.1, -0.05) is 19.9 Å². The fraction of sp³-hybridized carbons (Fsp3) is 0.636. The fourth-order valence-corrected chi connectivity index (χ4v) is 1.38. The lowest BCUT2D eigenvalue weighted by atomic mass is 9.77. The molecule has 0 heteroatoms. The SMILES string of the molecule is C#CCC(CC)(CC)CC=C. The van der Waals surface area contributed by atoms with Gasteiger partial charge in [-0.2, -0.15) is 0 Å². The molecule has 0 saturated carbocycles. The van der Waals surface area contributed by atoms with Crippen molar-refractivity contribution in [1.29, 1.82) is 0 Å². The minimum Gasteiger partial charge on any atom is -0.120 e. The van der Waals surface area contributed by atoms with E-state index >= 15 is 0 Å². The molecule has 0 rings (SSSR count). The lowest BCUT2D eigenvalue weighted by Gasteiger charge is -2.27. The molecule has 0 saturated heterocycles. The van der Waals surface area contributed by atoms with Crippen LogP contribution in [0.15, 0.2) is 12.7 Å². The second-order valence-electron chi connectivity index (χ2n) is 3.08. The Balaban J connectivity index is 4.21. The second kappa shape index (κ2) is 5.02. The van der Waals surface area contributed by atoms with Crippen LogP contribution in [0.4, 0.5) is 0 Å². The van der Waals surface area contributed by atoms with Crippen molar-refractivity contribution in [3.05, 3.63) is 12.7 Å². The number of allylic oxidation sites excluding steroid dienone is 1. The van der Waals surface area contributed by atoms with Gasteiger partial charge in [0.25, 0.3) is 0 Å². The number of rotatable bonds is 5. The zero-order valence-corrected chi connectivity index (χ0v) is 7.69. The molecule has 0 aromatic carbocycles. The van der Waals surface area contributed by atoms with Gasteiger partial charge in [-0.3, -0.25) is 0 Å². The van der Waals surface area contributed by atoms with Gasteiger partial charge in [0.15, 0.2) is 0 Å². The van der Waals surface area contributed by atoms with Crippen LogP contribution < -0.4 is 0 Å². The third-order valence-corrected chi connectivity index (χ3v) is 2.55. The molecule has 11 heavy (non-hydrogen) atoms. The van der Waals surface area contributed by atoms with Crippen LogP contribution in [0.2, 0.25) is 0 Å². The summed E-state index contributed by atoms with van der Waals surface area (Å²) in [6, 6.07) is 0. The highest BCUT2D eigenvalue weighted by molar-refractivity contribution is 4.96. The normalized spacial score (nSPS) is 10.6. The van der Waals surface area contributed by atoms with Gasteiger partial charge in [0.05, 0.1) is 0 Å². The lowest BCUT2D eigenvalue weighted by molar-refractivity contribution is 0.274. The smallest absolute Gasteiger partial charge is 0.0145 e. The van der Waals surface area contributed by atoms with Gasteiger partial charge in [0, 0.05) is 6.42 Å². The molecule has 0 bridgehead atoms. The highest BCUT2D eigenvalue weighted by Crippen LogP contribution is 2.34. The van der Waals surface area contributed by atoms with Gasteiger partial charge in [-0.15, -0.1) is 18.9 Å². The minimum absolute atomic E-state index is 0.330. The molecule has 62 valence electrons. The summed E-state index contributed by atoms with van der Waals surface area (Å²) in [5, 5.41) is 0. The third-order valence-electron chi connectivity index (χ3n) is 2.55. The minimum atomic E-state index is 0.330. The molecule has 0 spiro atoms. The van der Waals surface area contributed by atoms with Crippen LogP contribution in [0, 0.1) is 17.8 Å². The quantitative estimate of drug-likeness (QED) is 0.416. The van der Waals surface area contributed by atoms with E-state index in [0.29, 0.717) is 5.41 Å². The summed E-state index contributed by atoms with van der Waals surface area (Å²) in [5.41, 5.74) is 0.330. The lowest BCUT2D eigenvalue weighted by Crippen LogP contribution is -2.16. The Kier molecular flexibility index (Phi) is 4.70. The van der Waals surface area contributed by atoms with Crippen LogP contribution in [0.5, 0.6) is 0 Å². The molecule has 0 aliphatic rings. The monoisotopic (exact) mass is 150 g/mol. The van der Waals surface area contributed by atoms with E-state index in [0.717, 1.165) is 25.7 Å². The van der Waals surface area contributed by atoms with E-state index in [1.54, 1.807) is 0 Å². The summed E-state index contributed by atoms with van der Waals surface area (Å²) < 4.78 is 0. The number of hydrogen-bond donors (Lipinski definition) is 0. The van der Waals surface area contributed by atoms with Crippen molar-refractivity contribution in [3.8, 4) is 12.3 Å². The van der Waals surface area contributed by atoms with Crippen LogP contribution in [-0.4, -0.2) is 0 Å². The van der Waals surface area contributed by atoms with Crippen molar-refractivity contribution in [1.82, 2.24) is 0 Å². The van der Waals surface area contributed by atoms with Gasteiger partial charge < -0.3 is 0 Å². The van der Waals surface area contributed by atoms with Crippen molar-refractivity contribution < 1.29 is 0 Å². The van der Waals surface area contributed by atoms with E-state index < -0.39 is 0 Å². The molecule has 0 amide bonds. The first-order valence-electron chi connectivity index (χ1n) is 4.29. The zero-order valence-electron chi connectivity index (χ0n) is 7.69. The third kappa shape index (κ3) is 2.80. The highest BCUT2D eigenvalue weighted by Gasteiger charge is 2.22. The summed E-state index contributed by atoms with van der Waals surface area (Å²) >= 11 is 0. The molecule has 0 aliphatic heterocycles. The average Bonchev–Trinajstić information content (AvgIpc) is 2.04. The highest BCUT2D eigenvalue weighted by atomic mass is 14.3. The predicted octanol–water partition coefficient (Wildman–Crippen LogP) is 3.39. The summed E-state index contributed by atoms with van der Waals surface area (Å²) in [6.07, 6.45) is 11.5. The Hall–Kier alpha value is -0.700. The predicted molar refractivity (Wildman–Crippen MR) is 51.3 cm³/mol. The van der Waals surface area contributed by atoms with Crippen LogP contribution in [0.1, 0.15) is 39.5 Å². The molecule has 0 aromatic rings. The zero-order chi connectivity index (χ0) is 8.74. The fourth-order valence-electron chi connectivity index (χ4n) is 1.38. The molecule has 0 radical (unpaired) electrons. The van der Waals surface area contributed by atoms with Crippen molar-refractivity contribution in [2.24, 2.45) is 5.41 Å². The Labute approximate surface area is 70.7 Å². The van der Waals surface area contributed by atoms with Crippen molar-refractivity contribution in [2.75, 3.05) is 0 Å². The molecule has 0 aromatic heterocycles. The van der Waals surface area contributed by atoms with E-state index in [2.05, 4.69) is 26.3 Å². The maximum absolute atomic E-state index is 5.31. The molecule has 0 unspecified atom stereocenters. The van der Waals surface area contributed by atoms with Crippen molar-refractivity contribution in [2.45, 2.75) is 39.5 Å². The van der Waals surface area contributed by atoms with E-state index in [1.807, 2.05) is 6.08 Å². The molecule has 0 fully saturated rings. The second-order valence-corrected chi connectivity index (χ2v) is 3.08. The molecular formula is C11H18. The van der Waals surface area contributed by atoms with Gasteiger partial charge in [0.1, 0.15) is 0 Å². The summed E-state index contributed by atoms with van der Waals surface area (Å²) in [7, 11) is 0. The van der Waals surface area contributed by atoms with Crippen molar-refractivity contribution >= 4 is 0 Å². The average molecular weight is 150 g/mol. The molecular weight excluding hydrogens is 132 g/mol. The maximum atomic E-state index is 5.31. The van der Waals surface area contributed by atoms with Crippen molar-refractivity contribution in [3.63, 3.8) is 0 Å². The molecule has 0 N–H and O–H groups in total. The summed E-state index contributed by atoms with van der Waals surface area (Å²) in [5.74, 6) is 2.75. The van der Waals surface area contributed by atoms with Crippen LogP contribution >= 0.6 is 0 Å². The van der Waals surface area contributed by atoms with Crippen LogP contribution in [0.25, 0.3) is 0 Å². The first-order chi connectivity index (χ1) is 5.24. The van der Waals surface area contributed by atoms with Gasteiger partial charge in [0.2, 0.25) is 0 Å². The first kappa shape index (κ1) is 10.3. The van der Waals surface area contributed by atoms with E-state index in [4.69, 9.17) is 6.42 Å². The number of terminal acetylenes is 1. The Bertz CT molecular complexity index is 144. The van der Waals surface area contributed by atoms with E-state index in [9.17, 15) is 0 Å². The maximum Gasteiger partial charge on any atom is 0.0145 e. The van der Waals surface area contributed by atoms with Crippen LogP contribution in [0.3, 0.4) is 0 Å². The van der Waals surface area contributed by atoms with Gasteiger partial charge >= 0.3 is 0 Å². The summed E-state index contributed by atoms with van der Waals surface area (Å²) in [6.45, 7) is 8.15.